The van der Waals surface area contributed by atoms with Crippen LogP contribution in [0.25, 0.3) is 5.65 Å². The van der Waals surface area contributed by atoms with E-state index in [1.165, 1.54) is 5.57 Å². The molecule has 27 heavy (non-hydrogen) atoms. The second kappa shape index (κ2) is 9.71. The monoisotopic (exact) mass is 370 g/mol. The van der Waals surface area contributed by atoms with Gasteiger partial charge in [0.1, 0.15) is 12.2 Å². The molecule has 0 aromatic carbocycles. The lowest BCUT2D eigenvalue weighted by Gasteiger charge is -2.08. The Balaban J connectivity index is 2.27. The topological polar surface area (TPSA) is 67.2 Å². The zero-order valence-electron chi connectivity index (χ0n) is 16.5. The number of aromatic nitrogens is 2. The van der Waals surface area contributed by atoms with Gasteiger partial charge in [0.05, 0.1) is 12.7 Å². The number of oxime groups is 1. The highest BCUT2D eigenvalue weighted by Gasteiger charge is 2.22. The van der Waals surface area contributed by atoms with Crippen molar-refractivity contribution in [2.24, 2.45) is 5.16 Å². The van der Waals surface area contributed by atoms with Gasteiger partial charge in [0.2, 0.25) is 0 Å². The van der Waals surface area contributed by atoms with Crippen LogP contribution < -0.4 is 10.1 Å². The molecule has 0 saturated heterocycles. The highest BCUT2D eigenvalue weighted by Crippen LogP contribution is 2.12. The van der Waals surface area contributed by atoms with E-state index in [4.69, 9.17) is 4.84 Å². The average Bonchev–Trinajstić information content (AvgIpc) is 2.62. The van der Waals surface area contributed by atoms with Gasteiger partial charge >= 0.3 is 5.56 Å². The first-order chi connectivity index (χ1) is 12.9. The van der Waals surface area contributed by atoms with E-state index in [2.05, 4.69) is 5.16 Å². The summed E-state index contributed by atoms with van der Waals surface area (Å²) in [5.74, 6) is 0.00237. The van der Waals surface area contributed by atoms with Gasteiger partial charge in [-0.05, 0) is 39.8 Å². The van der Waals surface area contributed by atoms with Gasteiger partial charge in [0.15, 0.2) is 0 Å². The minimum Gasteiger partial charge on any atom is -0.477 e. The summed E-state index contributed by atoms with van der Waals surface area (Å²) in [6, 6.07) is 5.46. The number of aryl methyl sites for hydroxylation is 1. The zero-order valence-corrected chi connectivity index (χ0v) is 16.5. The SMILES string of the molecule is CC(C)=CCON=CCC[n+]1c(O)c(CC=C(C)C)c(=O)n2ccccc21. The lowest BCUT2D eigenvalue weighted by molar-refractivity contribution is -0.679. The van der Waals surface area contributed by atoms with E-state index in [1.54, 1.807) is 27.4 Å². The number of aromatic hydroxyl groups is 1. The summed E-state index contributed by atoms with van der Waals surface area (Å²) in [4.78, 5) is 17.9. The predicted octanol–water partition coefficient (Wildman–Crippen LogP) is 3.16. The molecule has 0 amide bonds. The molecule has 6 nitrogen and oxygen atoms in total. The summed E-state index contributed by atoms with van der Waals surface area (Å²) in [5, 5.41) is 14.6. The number of pyridine rings is 1. The molecule has 0 aliphatic heterocycles. The van der Waals surface area contributed by atoms with Crippen molar-refractivity contribution >= 4 is 11.9 Å². The molecule has 0 radical (unpaired) electrons. The third-order valence-corrected chi connectivity index (χ3v) is 4.03. The fourth-order valence-corrected chi connectivity index (χ4v) is 2.58. The molecule has 6 heteroatoms. The maximum absolute atomic E-state index is 12.7. The van der Waals surface area contributed by atoms with E-state index in [9.17, 15) is 9.90 Å². The molecule has 144 valence electrons. The van der Waals surface area contributed by atoms with Crippen molar-refractivity contribution in [3.8, 4) is 5.88 Å². The van der Waals surface area contributed by atoms with Crippen LogP contribution in [0.15, 0.2) is 57.6 Å². The molecule has 0 bridgehead atoms. The average molecular weight is 370 g/mol. The van der Waals surface area contributed by atoms with Gasteiger partial charge < -0.3 is 9.94 Å². The standard InChI is InChI=1S/C21H27N3O3/c1-16(2)9-10-18-20(25)23-13-6-5-8-19(23)24(21(18)26)14-7-12-22-27-15-11-17(3)4/h5-6,8-9,11-13H,7,10,14-15H2,1-4H3/p+1. The van der Waals surface area contributed by atoms with Crippen LogP contribution in [-0.4, -0.2) is 22.3 Å². The minimum atomic E-state index is -0.199. The van der Waals surface area contributed by atoms with Crippen molar-refractivity contribution in [1.29, 1.82) is 0 Å². The lowest BCUT2D eigenvalue weighted by atomic mass is 10.1. The molecule has 0 unspecified atom stereocenters. The van der Waals surface area contributed by atoms with Gasteiger partial charge in [0.25, 0.3) is 11.5 Å². The Hall–Kier alpha value is -2.89. The van der Waals surface area contributed by atoms with Gasteiger partial charge in [-0.1, -0.05) is 28.4 Å². The molecular weight excluding hydrogens is 342 g/mol. The first-order valence-electron chi connectivity index (χ1n) is 9.07. The normalized spacial score (nSPS) is 11.0. The summed E-state index contributed by atoms with van der Waals surface area (Å²) in [6.45, 7) is 8.86. The molecule has 2 rings (SSSR count). The highest BCUT2D eigenvalue weighted by atomic mass is 16.6. The van der Waals surface area contributed by atoms with Gasteiger partial charge in [0, 0.05) is 25.1 Å². The number of nitrogens with zero attached hydrogens (tertiary/aromatic N) is 3. The number of rotatable bonds is 8. The maximum atomic E-state index is 12.7. The van der Waals surface area contributed by atoms with Crippen LogP contribution in [0.1, 0.15) is 39.7 Å². The third kappa shape index (κ3) is 5.54. The van der Waals surface area contributed by atoms with Gasteiger partial charge in [-0.3, -0.25) is 0 Å². The highest BCUT2D eigenvalue weighted by molar-refractivity contribution is 5.55. The summed E-state index contributed by atoms with van der Waals surface area (Å²) >= 11 is 0. The largest absolute Gasteiger partial charge is 0.477 e. The molecule has 0 saturated carbocycles. The predicted molar refractivity (Wildman–Crippen MR) is 107 cm³/mol. The molecule has 2 aromatic rings. The quantitative estimate of drug-likeness (QED) is 0.255. The maximum Gasteiger partial charge on any atom is 0.349 e. The fourth-order valence-electron chi connectivity index (χ4n) is 2.58. The van der Waals surface area contributed by atoms with Crippen molar-refractivity contribution in [3.05, 3.63) is 63.6 Å². The van der Waals surface area contributed by atoms with E-state index in [0.29, 0.717) is 37.2 Å². The van der Waals surface area contributed by atoms with Crippen LogP contribution in [-0.2, 0) is 17.8 Å². The third-order valence-electron chi connectivity index (χ3n) is 4.03. The fraction of sp³-hybridized carbons (Fsp3) is 0.381. The van der Waals surface area contributed by atoms with Crippen LogP contribution in [0.4, 0.5) is 0 Å². The van der Waals surface area contributed by atoms with Gasteiger partial charge in [-0.15, -0.1) is 0 Å². The first kappa shape index (κ1) is 20.4. The van der Waals surface area contributed by atoms with Crippen molar-refractivity contribution in [2.75, 3.05) is 6.61 Å². The number of allylic oxidation sites excluding steroid dienone is 3. The molecule has 1 N–H and O–H groups in total. The lowest BCUT2D eigenvalue weighted by Crippen LogP contribution is -2.41. The van der Waals surface area contributed by atoms with Crippen LogP contribution >= 0.6 is 0 Å². The summed E-state index contributed by atoms with van der Waals surface area (Å²) in [7, 11) is 0. The molecule has 0 spiro atoms. The molecule has 0 aliphatic rings. The molecule has 2 heterocycles. The Morgan fingerprint density at radius 3 is 2.67 bits per heavy atom. The summed E-state index contributed by atoms with van der Waals surface area (Å²) < 4.78 is 3.30. The number of fused-ring (bicyclic) bond motifs is 1. The molecule has 0 atom stereocenters. The Morgan fingerprint density at radius 2 is 1.96 bits per heavy atom. The Labute approximate surface area is 159 Å². The van der Waals surface area contributed by atoms with E-state index >= 15 is 0 Å². The Morgan fingerprint density at radius 1 is 1.22 bits per heavy atom. The van der Waals surface area contributed by atoms with Crippen LogP contribution in [0, 0.1) is 0 Å². The number of hydrogen-bond acceptors (Lipinski definition) is 4. The Kier molecular flexibility index (Phi) is 7.34. The van der Waals surface area contributed by atoms with E-state index in [0.717, 1.165) is 5.57 Å². The molecule has 0 fully saturated rings. The summed E-state index contributed by atoms with van der Waals surface area (Å²) in [6.07, 6.45) is 8.24. The van der Waals surface area contributed by atoms with E-state index < -0.39 is 0 Å². The second-order valence-corrected chi connectivity index (χ2v) is 6.83. The van der Waals surface area contributed by atoms with Crippen LogP contribution in [0.3, 0.4) is 0 Å². The van der Waals surface area contributed by atoms with Gasteiger partial charge in [-0.25, -0.2) is 4.79 Å². The second-order valence-electron chi connectivity index (χ2n) is 6.83. The molecule has 0 aliphatic carbocycles. The number of hydrogen-bond donors (Lipinski definition) is 1. The van der Waals surface area contributed by atoms with Crippen molar-refractivity contribution in [1.82, 2.24) is 4.40 Å². The van der Waals surface area contributed by atoms with E-state index in [-0.39, 0.29) is 11.4 Å². The summed E-state index contributed by atoms with van der Waals surface area (Å²) in [5.41, 5.74) is 3.10. The van der Waals surface area contributed by atoms with Crippen LogP contribution in [0.2, 0.25) is 0 Å². The van der Waals surface area contributed by atoms with E-state index in [1.807, 2.05) is 52.0 Å². The Bertz CT molecular complexity index is 932. The zero-order chi connectivity index (χ0) is 19.8. The smallest absolute Gasteiger partial charge is 0.349 e. The van der Waals surface area contributed by atoms with Crippen molar-refractivity contribution in [2.45, 2.75) is 47.1 Å². The van der Waals surface area contributed by atoms with Crippen molar-refractivity contribution < 1.29 is 14.5 Å². The van der Waals surface area contributed by atoms with Crippen LogP contribution in [0.5, 0.6) is 5.88 Å². The first-order valence-corrected chi connectivity index (χ1v) is 9.07. The minimum absolute atomic E-state index is 0.00237. The molecule has 2 aromatic heterocycles. The van der Waals surface area contributed by atoms with Crippen molar-refractivity contribution in [3.63, 3.8) is 0 Å². The molecular formula is C21H28N3O3+. The van der Waals surface area contributed by atoms with Gasteiger partial charge in [-0.2, -0.15) is 8.97 Å².